The number of carbonyl (C=O) groups excluding carboxylic acids is 4. The fourth-order valence-electron chi connectivity index (χ4n) is 9.55. The van der Waals surface area contributed by atoms with E-state index in [1.54, 1.807) is 0 Å². The Morgan fingerprint density at radius 3 is 0.855 bits per heavy atom. The molecule has 0 aromatic heterocycles. The molecule has 0 fully saturated rings. The summed E-state index contributed by atoms with van der Waals surface area (Å²) in [5.41, 5.74) is 0. The molecule has 0 rings (SSSR count). The fraction of sp³-hybridized carbons (Fsp3) is 0.938. The van der Waals surface area contributed by atoms with Gasteiger partial charge in [-0.05, 0) is 31.6 Å². The number of ether oxygens (including phenoxy) is 4. The molecule has 0 spiro atoms. The maximum absolute atomic E-state index is 13.0. The number of hydrogen-bond acceptors (Lipinski definition) is 15. The third-order valence-electron chi connectivity index (χ3n) is 15.1. The number of rotatable bonds is 64. The van der Waals surface area contributed by atoms with E-state index in [0.717, 1.165) is 109 Å². The van der Waals surface area contributed by atoms with Gasteiger partial charge in [0.2, 0.25) is 0 Å². The molecule has 6 atom stereocenters. The zero-order valence-electron chi connectivity index (χ0n) is 53.3. The van der Waals surface area contributed by atoms with E-state index in [0.29, 0.717) is 25.7 Å². The van der Waals surface area contributed by atoms with Crippen LogP contribution in [0.1, 0.15) is 324 Å². The van der Waals surface area contributed by atoms with E-state index in [-0.39, 0.29) is 25.7 Å². The molecule has 0 aliphatic carbocycles. The summed E-state index contributed by atoms with van der Waals surface area (Å²) in [6, 6.07) is 0. The minimum Gasteiger partial charge on any atom is -0.462 e. The highest BCUT2D eigenvalue weighted by Gasteiger charge is 2.30. The third-order valence-corrected chi connectivity index (χ3v) is 17.0. The number of unbranched alkanes of at least 4 members (excludes halogenated alkanes) is 35. The van der Waals surface area contributed by atoms with Gasteiger partial charge in [0, 0.05) is 25.7 Å². The smallest absolute Gasteiger partial charge is 0.462 e. The number of aliphatic hydroxyl groups excluding tert-OH is 1. The topological polar surface area (TPSA) is 237 Å². The van der Waals surface area contributed by atoms with Crippen molar-refractivity contribution in [2.24, 2.45) is 5.92 Å². The van der Waals surface area contributed by atoms with Crippen LogP contribution in [0.25, 0.3) is 0 Å². The molecule has 83 heavy (non-hydrogen) atoms. The quantitative estimate of drug-likeness (QED) is 0.0222. The maximum Gasteiger partial charge on any atom is 0.472 e. The molecule has 0 saturated carbocycles. The summed E-state index contributed by atoms with van der Waals surface area (Å²) in [5, 5.41) is 10.5. The van der Waals surface area contributed by atoms with Crippen molar-refractivity contribution >= 4 is 39.5 Å². The van der Waals surface area contributed by atoms with Crippen LogP contribution < -0.4 is 0 Å². The van der Waals surface area contributed by atoms with E-state index in [1.165, 1.54) is 135 Å². The Morgan fingerprint density at radius 2 is 0.578 bits per heavy atom. The summed E-state index contributed by atoms with van der Waals surface area (Å²) < 4.78 is 67.8. The number of aliphatic hydroxyl groups is 1. The molecular formula is C64H124O17P2. The number of phosphoric ester groups is 2. The van der Waals surface area contributed by atoms with Gasteiger partial charge in [-0.1, -0.05) is 272 Å². The normalized spacial score (nSPS) is 14.6. The SMILES string of the molecule is CCCCCCCCCCCCCCCCCCCCC(=O)O[C@H](COC(=O)CCCCCCCCC(C)CC)COP(=O)(O)OC[C@@H](O)COP(=O)(O)OC[C@@H](COC(=O)CCCCCCC)OC(=O)CCCCCCCCCCCC. The summed E-state index contributed by atoms with van der Waals surface area (Å²) in [7, 11) is -9.88. The van der Waals surface area contributed by atoms with E-state index in [9.17, 15) is 43.2 Å². The Balaban J connectivity index is 5.13. The minimum atomic E-state index is -4.94. The molecule has 0 radical (unpaired) electrons. The summed E-state index contributed by atoms with van der Waals surface area (Å²) in [4.78, 5) is 71.9. The molecule has 0 aliphatic rings. The fourth-order valence-corrected chi connectivity index (χ4v) is 11.1. The number of hydrogen-bond donors (Lipinski definition) is 3. The monoisotopic (exact) mass is 1230 g/mol. The van der Waals surface area contributed by atoms with Gasteiger partial charge >= 0.3 is 39.5 Å². The Bertz CT molecular complexity index is 1620. The largest absolute Gasteiger partial charge is 0.472 e. The van der Waals surface area contributed by atoms with Crippen LogP contribution in [-0.2, 0) is 65.4 Å². The number of phosphoric acid groups is 2. The van der Waals surface area contributed by atoms with Gasteiger partial charge < -0.3 is 33.8 Å². The second kappa shape index (κ2) is 57.8. The molecule has 3 unspecified atom stereocenters. The van der Waals surface area contributed by atoms with Gasteiger partial charge in [0.25, 0.3) is 0 Å². The number of carbonyl (C=O) groups is 4. The van der Waals surface area contributed by atoms with Gasteiger partial charge in [0.15, 0.2) is 12.2 Å². The predicted octanol–water partition coefficient (Wildman–Crippen LogP) is 17.8. The van der Waals surface area contributed by atoms with Crippen LogP contribution in [0.2, 0.25) is 0 Å². The van der Waals surface area contributed by atoms with Crippen molar-refractivity contribution < 1.29 is 80.2 Å². The minimum absolute atomic E-state index is 0.105. The van der Waals surface area contributed by atoms with Crippen LogP contribution >= 0.6 is 15.6 Å². The molecule has 19 heteroatoms. The van der Waals surface area contributed by atoms with Crippen molar-refractivity contribution in [2.45, 2.75) is 342 Å². The zero-order chi connectivity index (χ0) is 61.3. The standard InChI is InChI=1S/C64H124O17P2/c1-6-10-13-16-18-20-22-23-24-25-26-27-28-29-31-33-40-45-50-64(69)81-60(54-75-62(67)48-43-38-35-34-37-41-46-57(5)9-4)56-79-83(72,73)77-52-58(65)51-76-82(70,71)78-55-59(53-74-61(66)47-42-36-15-12-8-3)80-63(68)49-44-39-32-30-21-19-17-14-11-7-2/h57-60,65H,6-56H2,1-5H3,(H,70,71)(H,72,73)/t57?,58-,59+,60+/m0/s1. The van der Waals surface area contributed by atoms with Crippen LogP contribution in [-0.4, -0.2) is 96.7 Å². The second-order valence-electron chi connectivity index (χ2n) is 23.4. The Hall–Kier alpha value is -1.94. The lowest BCUT2D eigenvalue weighted by atomic mass is 10.00. The summed E-state index contributed by atoms with van der Waals surface area (Å²) in [5.74, 6) is -1.41. The predicted molar refractivity (Wildman–Crippen MR) is 331 cm³/mol. The molecule has 492 valence electrons. The van der Waals surface area contributed by atoms with Crippen molar-refractivity contribution in [3.8, 4) is 0 Å². The lowest BCUT2D eigenvalue weighted by Gasteiger charge is -2.21. The van der Waals surface area contributed by atoms with Crippen LogP contribution in [0.4, 0.5) is 0 Å². The molecule has 0 aliphatic heterocycles. The first-order valence-electron chi connectivity index (χ1n) is 33.7. The lowest BCUT2D eigenvalue weighted by molar-refractivity contribution is -0.161. The van der Waals surface area contributed by atoms with E-state index in [4.69, 9.17) is 37.0 Å². The van der Waals surface area contributed by atoms with Crippen LogP contribution in [0.15, 0.2) is 0 Å². The lowest BCUT2D eigenvalue weighted by Crippen LogP contribution is -2.30. The molecule has 0 amide bonds. The van der Waals surface area contributed by atoms with Crippen molar-refractivity contribution in [3.05, 3.63) is 0 Å². The van der Waals surface area contributed by atoms with Crippen molar-refractivity contribution in [2.75, 3.05) is 39.6 Å². The van der Waals surface area contributed by atoms with Crippen LogP contribution in [0.3, 0.4) is 0 Å². The average Bonchev–Trinajstić information content (AvgIpc) is 3.47. The first kappa shape index (κ1) is 81.1. The van der Waals surface area contributed by atoms with Crippen molar-refractivity contribution in [3.63, 3.8) is 0 Å². The molecule has 17 nitrogen and oxygen atoms in total. The van der Waals surface area contributed by atoms with Crippen LogP contribution in [0, 0.1) is 5.92 Å². The van der Waals surface area contributed by atoms with Gasteiger partial charge in [-0.3, -0.25) is 37.3 Å². The average molecular weight is 1230 g/mol. The molecular weight excluding hydrogens is 1100 g/mol. The van der Waals surface area contributed by atoms with Gasteiger partial charge in [-0.25, -0.2) is 9.13 Å². The highest BCUT2D eigenvalue weighted by Crippen LogP contribution is 2.45. The second-order valence-corrected chi connectivity index (χ2v) is 26.3. The van der Waals surface area contributed by atoms with E-state index in [1.807, 2.05) is 0 Å². The highest BCUT2D eigenvalue weighted by molar-refractivity contribution is 7.47. The first-order chi connectivity index (χ1) is 40.1. The third kappa shape index (κ3) is 57.6. The van der Waals surface area contributed by atoms with E-state index in [2.05, 4.69) is 34.6 Å². The molecule has 0 heterocycles. The summed E-state index contributed by atoms with van der Waals surface area (Å²) in [6.45, 7) is 7.06. The van der Waals surface area contributed by atoms with Crippen molar-refractivity contribution in [1.29, 1.82) is 0 Å². The van der Waals surface area contributed by atoms with Gasteiger partial charge in [-0.2, -0.15) is 0 Å². The number of esters is 4. The molecule has 3 N–H and O–H groups in total. The molecule has 0 aromatic carbocycles. The Morgan fingerprint density at radius 1 is 0.337 bits per heavy atom. The van der Waals surface area contributed by atoms with E-state index >= 15 is 0 Å². The summed E-state index contributed by atoms with van der Waals surface area (Å²) >= 11 is 0. The Kier molecular flexibility index (Phi) is 56.4. The van der Waals surface area contributed by atoms with E-state index < -0.39 is 97.5 Å². The zero-order valence-corrected chi connectivity index (χ0v) is 55.1. The highest BCUT2D eigenvalue weighted by atomic mass is 31.2. The summed E-state index contributed by atoms with van der Waals surface area (Å²) in [6.07, 6.45) is 42.1. The maximum atomic E-state index is 13.0. The Labute approximate surface area is 505 Å². The van der Waals surface area contributed by atoms with Crippen LogP contribution in [0.5, 0.6) is 0 Å². The molecule has 0 saturated heterocycles. The molecule has 0 aromatic rings. The molecule has 0 bridgehead atoms. The van der Waals surface area contributed by atoms with Gasteiger partial charge in [0.05, 0.1) is 26.4 Å². The first-order valence-corrected chi connectivity index (χ1v) is 36.7. The van der Waals surface area contributed by atoms with Gasteiger partial charge in [-0.15, -0.1) is 0 Å². The van der Waals surface area contributed by atoms with Crippen molar-refractivity contribution in [1.82, 2.24) is 0 Å². The van der Waals surface area contributed by atoms with Gasteiger partial charge in [0.1, 0.15) is 19.3 Å².